The van der Waals surface area contributed by atoms with Gasteiger partial charge in [-0.05, 0) is 11.6 Å². The molecule has 1 aromatic heterocycles. The van der Waals surface area contributed by atoms with Gasteiger partial charge in [-0.2, -0.15) is 0 Å². The monoisotopic (exact) mass is 251 g/mol. The van der Waals surface area contributed by atoms with Gasteiger partial charge in [-0.3, -0.25) is 9.37 Å². The van der Waals surface area contributed by atoms with E-state index < -0.39 is 0 Å². The van der Waals surface area contributed by atoms with Gasteiger partial charge < -0.3 is 0 Å². The lowest BCUT2D eigenvalue weighted by molar-refractivity contribution is 0.492. The van der Waals surface area contributed by atoms with E-state index in [4.69, 9.17) is 0 Å². The molecule has 0 aliphatic rings. The van der Waals surface area contributed by atoms with E-state index >= 15 is 0 Å². The molecule has 0 saturated carbocycles. The van der Waals surface area contributed by atoms with Crippen molar-refractivity contribution in [3.63, 3.8) is 0 Å². The van der Waals surface area contributed by atoms with Crippen LogP contribution in [0.5, 0.6) is 0 Å². The smallest absolute Gasteiger partial charge is 0.0949 e. The summed E-state index contributed by atoms with van der Waals surface area (Å²) in [7, 11) is 0. The van der Waals surface area contributed by atoms with Crippen molar-refractivity contribution in [1.29, 1.82) is 0 Å². The van der Waals surface area contributed by atoms with Crippen molar-refractivity contribution in [3.05, 3.63) is 66.4 Å². The van der Waals surface area contributed by atoms with Gasteiger partial charge in [-0.15, -0.1) is 0 Å². The summed E-state index contributed by atoms with van der Waals surface area (Å²) in [6, 6.07) is 20.2. The van der Waals surface area contributed by atoms with Gasteiger partial charge in [0.15, 0.2) is 0 Å². The minimum Gasteiger partial charge on any atom is -0.252 e. The summed E-state index contributed by atoms with van der Waals surface area (Å²) >= 11 is 0. The molecule has 0 unspecified atom stereocenters. The third-order valence-corrected chi connectivity index (χ3v) is 3.21. The second kappa shape index (κ2) is 5.19. The van der Waals surface area contributed by atoms with E-state index in [2.05, 4.69) is 23.2 Å². The van der Waals surface area contributed by atoms with E-state index in [1.807, 2.05) is 42.5 Å². The van der Waals surface area contributed by atoms with Gasteiger partial charge in [0, 0.05) is 23.1 Å². The first-order valence-electron chi connectivity index (χ1n) is 6.38. The molecule has 1 heterocycles. The maximum atomic E-state index is 12.5. The predicted molar refractivity (Wildman–Crippen MR) is 76.9 cm³/mol. The molecular weight excluding hydrogens is 237 g/mol. The first-order valence-corrected chi connectivity index (χ1v) is 6.38. The van der Waals surface area contributed by atoms with E-state index in [-0.39, 0.29) is 6.67 Å². The third kappa shape index (κ3) is 2.34. The van der Waals surface area contributed by atoms with Gasteiger partial charge >= 0.3 is 0 Å². The highest BCUT2D eigenvalue weighted by atomic mass is 19.1. The fraction of sp³-hybridized carbons (Fsp3) is 0.118. The lowest BCUT2D eigenvalue weighted by Crippen LogP contribution is -1.93. The molecule has 0 fully saturated rings. The third-order valence-electron chi connectivity index (χ3n) is 3.21. The molecule has 3 aromatic rings. The van der Waals surface area contributed by atoms with E-state index in [0.29, 0.717) is 6.42 Å². The Kier molecular flexibility index (Phi) is 3.23. The Morgan fingerprint density at radius 1 is 0.842 bits per heavy atom. The standard InChI is InChI=1S/C17H14FN/c18-12-11-15-10-9-14-7-4-8-16(17(14)19-15)13-5-2-1-3-6-13/h1-10H,11-12H2. The van der Waals surface area contributed by atoms with Crippen LogP contribution in [0.2, 0.25) is 0 Å². The average molecular weight is 251 g/mol. The molecule has 0 amide bonds. The molecule has 0 aliphatic heterocycles. The van der Waals surface area contributed by atoms with Crippen LogP contribution in [0.3, 0.4) is 0 Å². The molecule has 2 heteroatoms. The Labute approximate surface area is 111 Å². The van der Waals surface area contributed by atoms with Crippen molar-refractivity contribution in [2.45, 2.75) is 6.42 Å². The molecule has 0 radical (unpaired) electrons. The van der Waals surface area contributed by atoms with Crippen LogP contribution >= 0.6 is 0 Å². The highest BCUT2D eigenvalue weighted by Gasteiger charge is 2.05. The quantitative estimate of drug-likeness (QED) is 0.671. The zero-order valence-electron chi connectivity index (χ0n) is 10.5. The van der Waals surface area contributed by atoms with Crippen molar-refractivity contribution in [2.24, 2.45) is 0 Å². The number of hydrogen-bond acceptors (Lipinski definition) is 1. The van der Waals surface area contributed by atoms with Gasteiger partial charge in [-0.25, -0.2) is 0 Å². The van der Waals surface area contributed by atoms with Crippen LogP contribution in [0.15, 0.2) is 60.7 Å². The van der Waals surface area contributed by atoms with Crippen LogP contribution in [-0.4, -0.2) is 11.7 Å². The van der Waals surface area contributed by atoms with Gasteiger partial charge in [0.1, 0.15) is 0 Å². The number of aromatic nitrogens is 1. The van der Waals surface area contributed by atoms with Crippen molar-refractivity contribution in [3.8, 4) is 11.1 Å². The summed E-state index contributed by atoms with van der Waals surface area (Å²) in [6.45, 7) is -0.369. The summed E-state index contributed by atoms with van der Waals surface area (Å²) in [4.78, 5) is 4.60. The summed E-state index contributed by atoms with van der Waals surface area (Å²) in [5.41, 5.74) is 3.98. The molecule has 0 bridgehead atoms. The van der Waals surface area contributed by atoms with Crippen LogP contribution in [-0.2, 0) is 6.42 Å². The summed E-state index contributed by atoms with van der Waals surface area (Å²) in [5, 5.41) is 1.09. The van der Waals surface area contributed by atoms with E-state index in [1.165, 1.54) is 0 Å². The first-order chi connectivity index (χ1) is 9.38. The Balaban J connectivity index is 2.21. The molecule has 0 spiro atoms. The van der Waals surface area contributed by atoms with Crippen LogP contribution in [0, 0.1) is 0 Å². The Bertz CT molecular complexity index is 692. The zero-order valence-corrected chi connectivity index (χ0v) is 10.5. The zero-order chi connectivity index (χ0) is 13.1. The average Bonchev–Trinajstić information content (AvgIpc) is 2.48. The van der Waals surface area contributed by atoms with Crippen LogP contribution in [0.25, 0.3) is 22.0 Å². The van der Waals surface area contributed by atoms with Crippen molar-refractivity contribution >= 4 is 10.9 Å². The van der Waals surface area contributed by atoms with Crippen LogP contribution in [0.4, 0.5) is 4.39 Å². The number of fused-ring (bicyclic) bond motifs is 1. The van der Waals surface area contributed by atoms with E-state index in [0.717, 1.165) is 27.7 Å². The number of rotatable bonds is 3. The largest absolute Gasteiger partial charge is 0.252 e. The van der Waals surface area contributed by atoms with E-state index in [1.54, 1.807) is 0 Å². The molecule has 2 aromatic carbocycles. The fourth-order valence-corrected chi connectivity index (χ4v) is 2.27. The lowest BCUT2D eigenvalue weighted by atomic mass is 10.0. The Morgan fingerprint density at radius 2 is 1.68 bits per heavy atom. The van der Waals surface area contributed by atoms with Gasteiger partial charge in [0.25, 0.3) is 0 Å². The molecule has 0 aliphatic carbocycles. The SMILES string of the molecule is FCCc1ccc2cccc(-c3ccccc3)c2n1. The number of benzene rings is 2. The Morgan fingerprint density at radius 3 is 2.47 bits per heavy atom. The minimum absolute atomic E-state index is 0.369. The number of alkyl halides is 1. The summed E-state index contributed by atoms with van der Waals surface area (Å²) in [5.74, 6) is 0. The predicted octanol–water partition coefficient (Wildman–Crippen LogP) is 4.41. The van der Waals surface area contributed by atoms with Crippen LogP contribution < -0.4 is 0 Å². The number of hydrogen-bond donors (Lipinski definition) is 0. The molecule has 0 N–H and O–H groups in total. The minimum atomic E-state index is -0.369. The maximum absolute atomic E-state index is 12.5. The molecule has 1 nitrogen and oxygen atoms in total. The lowest BCUT2D eigenvalue weighted by Gasteiger charge is -2.07. The van der Waals surface area contributed by atoms with Crippen LogP contribution in [0.1, 0.15) is 5.69 Å². The second-order valence-electron chi connectivity index (χ2n) is 4.48. The first kappa shape index (κ1) is 11.8. The number of aryl methyl sites for hydroxylation is 1. The normalized spacial score (nSPS) is 10.8. The second-order valence-corrected chi connectivity index (χ2v) is 4.48. The molecular formula is C17H14FN. The summed E-state index contributed by atoms with van der Waals surface area (Å²) < 4.78 is 12.5. The Hall–Kier alpha value is -2.22. The molecule has 0 atom stereocenters. The maximum Gasteiger partial charge on any atom is 0.0949 e. The van der Waals surface area contributed by atoms with Crippen molar-refractivity contribution in [1.82, 2.24) is 4.98 Å². The van der Waals surface area contributed by atoms with E-state index in [9.17, 15) is 4.39 Å². The van der Waals surface area contributed by atoms with Gasteiger partial charge in [-0.1, -0.05) is 54.6 Å². The number of para-hydroxylation sites is 1. The number of pyridine rings is 1. The number of halogens is 1. The van der Waals surface area contributed by atoms with Crippen molar-refractivity contribution < 1.29 is 4.39 Å². The van der Waals surface area contributed by atoms with Gasteiger partial charge in [0.05, 0.1) is 12.2 Å². The number of nitrogens with zero attached hydrogens (tertiary/aromatic N) is 1. The highest BCUT2D eigenvalue weighted by molar-refractivity contribution is 5.93. The highest BCUT2D eigenvalue weighted by Crippen LogP contribution is 2.27. The molecule has 19 heavy (non-hydrogen) atoms. The van der Waals surface area contributed by atoms with Crippen molar-refractivity contribution in [2.75, 3.05) is 6.67 Å². The molecule has 3 rings (SSSR count). The van der Waals surface area contributed by atoms with Gasteiger partial charge in [0.2, 0.25) is 0 Å². The molecule has 0 saturated heterocycles. The topological polar surface area (TPSA) is 12.9 Å². The summed E-state index contributed by atoms with van der Waals surface area (Å²) in [6.07, 6.45) is 0.374. The fourth-order valence-electron chi connectivity index (χ4n) is 2.27. The molecule has 94 valence electrons.